The number of unbranched alkanes of at least 4 members (excludes halogenated alkanes) is 1. The summed E-state index contributed by atoms with van der Waals surface area (Å²) in [6, 6.07) is -0.799. The molecule has 0 fully saturated rings. The summed E-state index contributed by atoms with van der Waals surface area (Å²) in [7, 11) is 1.18. The van der Waals surface area contributed by atoms with Crippen molar-refractivity contribution in [1.82, 2.24) is 10.6 Å². The van der Waals surface area contributed by atoms with Crippen LogP contribution < -0.4 is 16.4 Å². The normalized spacial score (nSPS) is 11.4. The minimum absolute atomic E-state index is 0.291. The number of carboxylic acid groups (broad SMARTS) is 1. The summed E-state index contributed by atoms with van der Waals surface area (Å²) in [5.74, 6) is -0.651. The highest BCUT2D eigenvalue weighted by Crippen LogP contribution is 2.00. The number of nitrogens with two attached hydrogens (primary N) is 1. The van der Waals surface area contributed by atoms with Gasteiger partial charge in [-0.25, -0.2) is 9.59 Å². The molecule has 0 aromatic carbocycles. The van der Waals surface area contributed by atoms with Crippen molar-refractivity contribution in [3.63, 3.8) is 0 Å². The summed E-state index contributed by atoms with van der Waals surface area (Å²) in [6.45, 7) is 0.291. The molecule has 0 rings (SSSR count). The Labute approximate surface area is 98.5 Å². The number of carbonyl (C=O) groups is 3. The van der Waals surface area contributed by atoms with E-state index in [9.17, 15) is 14.4 Å². The van der Waals surface area contributed by atoms with E-state index in [1.165, 1.54) is 7.11 Å². The number of hydrogen-bond acceptors (Lipinski definition) is 4. The van der Waals surface area contributed by atoms with Gasteiger partial charge < -0.3 is 26.2 Å². The van der Waals surface area contributed by atoms with Gasteiger partial charge in [-0.2, -0.15) is 0 Å². The van der Waals surface area contributed by atoms with Crippen LogP contribution >= 0.6 is 0 Å². The largest absolute Gasteiger partial charge is 0.465 e. The third kappa shape index (κ3) is 7.88. The molecule has 0 aromatic rings. The summed E-state index contributed by atoms with van der Waals surface area (Å²) in [4.78, 5) is 32.0. The molecule has 0 bridgehead atoms. The van der Waals surface area contributed by atoms with Gasteiger partial charge in [0.05, 0.1) is 7.11 Å². The van der Waals surface area contributed by atoms with E-state index in [1.54, 1.807) is 0 Å². The zero-order valence-electron chi connectivity index (χ0n) is 9.56. The van der Waals surface area contributed by atoms with Crippen LogP contribution in [0.25, 0.3) is 0 Å². The number of primary amides is 1. The number of ether oxygens (including phenoxy) is 1. The fourth-order valence-electron chi connectivity index (χ4n) is 1.16. The Bertz CT molecular complexity index is 282. The summed E-state index contributed by atoms with van der Waals surface area (Å²) >= 11 is 0. The average molecular weight is 247 g/mol. The van der Waals surface area contributed by atoms with Crippen molar-refractivity contribution in [3.8, 4) is 0 Å². The zero-order valence-corrected chi connectivity index (χ0v) is 9.56. The van der Waals surface area contributed by atoms with E-state index in [0.717, 1.165) is 0 Å². The van der Waals surface area contributed by atoms with Crippen molar-refractivity contribution >= 4 is 18.1 Å². The number of amides is 3. The second-order valence-corrected chi connectivity index (χ2v) is 3.32. The van der Waals surface area contributed by atoms with Gasteiger partial charge >= 0.3 is 12.2 Å². The quantitative estimate of drug-likeness (QED) is 0.456. The van der Waals surface area contributed by atoms with Gasteiger partial charge in [-0.3, -0.25) is 4.79 Å². The highest BCUT2D eigenvalue weighted by atomic mass is 16.5. The van der Waals surface area contributed by atoms with Crippen molar-refractivity contribution in [1.29, 1.82) is 0 Å². The molecule has 3 amide bonds. The van der Waals surface area contributed by atoms with Gasteiger partial charge in [-0.1, -0.05) is 0 Å². The standard InChI is InChI=1S/C9H17N3O5/c1-17-9(16)12-6(7(10)13)4-2-3-5-11-8(14)15/h6,11H,2-5H2,1H3,(H2,10,13)(H,12,16)(H,14,15). The van der Waals surface area contributed by atoms with Crippen LogP contribution in [-0.2, 0) is 9.53 Å². The van der Waals surface area contributed by atoms with Crippen LogP contribution in [0.2, 0.25) is 0 Å². The van der Waals surface area contributed by atoms with Crippen LogP contribution in [0.3, 0.4) is 0 Å². The first-order valence-corrected chi connectivity index (χ1v) is 5.08. The first-order valence-electron chi connectivity index (χ1n) is 5.08. The van der Waals surface area contributed by atoms with Gasteiger partial charge in [0.1, 0.15) is 6.04 Å². The molecule has 17 heavy (non-hydrogen) atoms. The second kappa shape index (κ2) is 8.20. The maximum Gasteiger partial charge on any atom is 0.407 e. The van der Waals surface area contributed by atoms with Crippen LogP contribution in [0, 0.1) is 0 Å². The molecule has 0 spiro atoms. The molecule has 98 valence electrons. The molecule has 0 heterocycles. The van der Waals surface area contributed by atoms with E-state index < -0.39 is 24.1 Å². The Morgan fingerprint density at radius 2 is 2.00 bits per heavy atom. The maximum atomic E-state index is 11.0. The van der Waals surface area contributed by atoms with Gasteiger partial charge in [-0.15, -0.1) is 0 Å². The van der Waals surface area contributed by atoms with Crippen molar-refractivity contribution in [2.75, 3.05) is 13.7 Å². The molecule has 0 radical (unpaired) electrons. The van der Waals surface area contributed by atoms with Crippen LogP contribution in [0.4, 0.5) is 9.59 Å². The lowest BCUT2D eigenvalue weighted by Crippen LogP contribution is -2.44. The molecule has 5 N–H and O–H groups in total. The third-order valence-corrected chi connectivity index (χ3v) is 2.02. The van der Waals surface area contributed by atoms with E-state index in [-0.39, 0.29) is 0 Å². The highest BCUT2D eigenvalue weighted by Gasteiger charge is 2.17. The average Bonchev–Trinajstić information content (AvgIpc) is 2.26. The lowest BCUT2D eigenvalue weighted by atomic mass is 10.1. The molecule has 1 atom stereocenters. The molecule has 0 aliphatic heterocycles. The van der Waals surface area contributed by atoms with E-state index in [1.807, 2.05) is 0 Å². The number of methoxy groups -OCH3 is 1. The molecule has 8 nitrogen and oxygen atoms in total. The summed E-state index contributed by atoms with van der Waals surface area (Å²) in [6.07, 6.45) is -0.371. The van der Waals surface area contributed by atoms with Crippen molar-refractivity contribution in [2.24, 2.45) is 5.73 Å². The SMILES string of the molecule is COC(=O)NC(CCCCNC(=O)O)C(N)=O. The maximum absolute atomic E-state index is 11.0. The highest BCUT2D eigenvalue weighted by molar-refractivity contribution is 5.84. The fourth-order valence-corrected chi connectivity index (χ4v) is 1.16. The van der Waals surface area contributed by atoms with Crippen LogP contribution in [0.15, 0.2) is 0 Å². The third-order valence-electron chi connectivity index (χ3n) is 2.02. The van der Waals surface area contributed by atoms with Crippen molar-refractivity contribution < 1.29 is 24.2 Å². The predicted molar refractivity (Wildman–Crippen MR) is 58.4 cm³/mol. The van der Waals surface area contributed by atoms with E-state index in [4.69, 9.17) is 10.8 Å². The van der Waals surface area contributed by atoms with Crippen LogP contribution in [0.5, 0.6) is 0 Å². The van der Waals surface area contributed by atoms with Crippen molar-refractivity contribution in [3.05, 3.63) is 0 Å². The van der Waals surface area contributed by atoms with Gasteiger partial charge in [0.15, 0.2) is 0 Å². The summed E-state index contributed by atoms with van der Waals surface area (Å²) in [5, 5.41) is 12.8. The smallest absolute Gasteiger partial charge is 0.407 e. The lowest BCUT2D eigenvalue weighted by molar-refractivity contribution is -0.120. The second-order valence-electron chi connectivity index (χ2n) is 3.32. The summed E-state index contributed by atoms with van der Waals surface area (Å²) < 4.78 is 4.34. The van der Waals surface area contributed by atoms with E-state index in [2.05, 4.69) is 15.4 Å². The van der Waals surface area contributed by atoms with Gasteiger partial charge in [0.2, 0.25) is 5.91 Å². The molecule has 1 unspecified atom stereocenters. The van der Waals surface area contributed by atoms with Gasteiger partial charge in [0.25, 0.3) is 0 Å². The Hall–Kier alpha value is -1.99. The zero-order chi connectivity index (χ0) is 13.3. The monoisotopic (exact) mass is 247 g/mol. The fraction of sp³-hybridized carbons (Fsp3) is 0.667. The number of carbonyl (C=O) groups excluding carboxylic acids is 2. The molecule has 0 aliphatic rings. The molecular weight excluding hydrogens is 230 g/mol. The first-order chi connectivity index (χ1) is 7.97. The van der Waals surface area contributed by atoms with Crippen LogP contribution in [0.1, 0.15) is 19.3 Å². The number of hydrogen-bond donors (Lipinski definition) is 4. The Kier molecular flexibility index (Phi) is 7.24. The molecule has 0 aliphatic carbocycles. The molecule has 0 aromatic heterocycles. The number of alkyl carbamates (subject to hydrolysis) is 1. The lowest BCUT2D eigenvalue weighted by Gasteiger charge is -2.14. The topological polar surface area (TPSA) is 131 Å². The summed E-state index contributed by atoms with van der Waals surface area (Å²) in [5.41, 5.74) is 5.08. The Morgan fingerprint density at radius 1 is 1.35 bits per heavy atom. The number of nitrogens with one attached hydrogen (secondary N) is 2. The number of rotatable bonds is 7. The molecular formula is C9H17N3O5. The van der Waals surface area contributed by atoms with Gasteiger partial charge in [0, 0.05) is 6.54 Å². The molecule has 0 saturated carbocycles. The first kappa shape index (κ1) is 15.0. The minimum atomic E-state index is -1.09. The Morgan fingerprint density at radius 3 is 2.47 bits per heavy atom. The molecule has 0 saturated heterocycles. The van der Waals surface area contributed by atoms with E-state index in [0.29, 0.717) is 25.8 Å². The van der Waals surface area contributed by atoms with Gasteiger partial charge in [-0.05, 0) is 19.3 Å². The van der Waals surface area contributed by atoms with Crippen molar-refractivity contribution in [2.45, 2.75) is 25.3 Å². The molecule has 8 heteroatoms. The predicted octanol–water partition coefficient (Wildman–Crippen LogP) is -0.366. The Balaban J connectivity index is 3.82. The van der Waals surface area contributed by atoms with E-state index >= 15 is 0 Å². The van der Waals surface area contributed by atoms with Crippen LogP contribution in [-0.4, -0.2) is 42.9 Å². The minimum Gasteiger partial charge on any atom is -0.465 e.